The summed E-state index contributed by atoms with van der Waals surface area (Å²) in [4.78, 5) is 18.8. The first-order chi connectivity index (χ1) is 11.6. The molecule has 3 rings (SSSR count). The second-order valence-electron chi connectivity index (χ2n) is 6.18. The molecular weight excluding hydrogens is 307 g/mol. The first-order valence-corrected chi connectivity index (χ1v) is 8.44. The zero-order chi connectivity index (χ0) is 17.1. The fraction of sp³-hybridized carbons (Fsp3) is 0.444. The van der Waals surface area contributed by atoms with Crippen molar-refractivity contribution >= 4 is 11.7 Å². The molecule has 1 aliphatic rings. The fourth-order valence-electron chi connectivity index (χ4n) is 3.29. The molecule has 2 heterocycles. The van der Waals surface area contributed by atoms with Crippen molar-refractivity contribution in [2.75, 3.05) is 11.9 Å². The zero-order valence-corrected chi connectivity index (χ0v) is 14.1. The van der Waals surface area contributed by atoms with Crippen molar-refractivity contribution in [2.24, 2.45) is 0 Å². The highest BCUT2D eigenvalue weighted by molar-refractivity contribution is 5.90. The number of piperidine rings is 1. The summed E-state index contributed by atoms with van der Waals surface area (Å²) in [5.41, 5.74) is 1.79. The molecule has 2 amide bonds. The number of hydrogen-bond donors (Lipinski definition) is 1. The number of imidazole rings is 1. The number of carbonyl (C=O) groups is 1. The Balaban J connectivity index is 1.82. The minimum absolute atomic E-state index is 0.0194. The summed E-state index contributed by atoms with van der Waals surface area (Å²) in [6.07, 6.45) is 6.55. The van der Waals surface area contributed by atoms with Crippen LogP contribution in [0.4, 0.5) is 14.9 Å². The van der Waals surface area contributed by atoms with E-state index in [1.807, 2.05) is 6.20 Å². The van der Waals surface area contributed by atoms with E-state index in [0.29, 0.717) is 12.1 Å². The molecule has 1 N–H and O–H groups in total. The zero-order valence-electron chi connectivity index (χ0n) is 14.1. The maximum absolute atomic E-state index is 14.2. The number of anilines is 1. The average molecular weight is 330 g/mol. The molecule has 1 aliphatic heterocycles. The van der Waals surface area contributed by atoms with E-state index in [4.69, 9.17) is 0 Å². The van der Waals surface area contributed by atoms with Gasteiger partial charge in [-0.25, -0.2) is 14.2 Å². The largest absolute Gasteiger partial charge is 0.333 e. The minimum Gasteiger partial charge on any atom is -0.333 e. The minimum atomic E-state index is -0.377. The molecule has 0 spiro atoms. The number of nitrogens with one attached hydrogen (secondary N) is 1. The van der Waals surface area contributed by atoms with Gasteiger partial charge in [-0.2, -0.15) is 0 Å². The molecule has 0 radical (unpaired) electrons. The van der Waals surface area contributed by atoms with Gasteiger partial charge in [-0.1, -0.05) is 12.1 Å². The highest BCUT2D eigenvalue weighted by Crippen LogP contribution is 2.31. The van der Waals surface area contributed by atoms with Crippen LogP contribution in [0.15, 0.2) is 30.7 Å². The third kappa shape index (κ3) is 3.13. The number of amides is 2. The van der Waals surface area contributed by atoms with Crippen molar-refractivity contribution in [1.82, 2.24) is 14.5 Å². The number of carbonyl (C=O) groups excluding carboxylic acids is 1. The van der Waals surface area contributed by atoms with Crippen LogP contribution < -0.4 is 5.32 Å². The first-order valence-electron chi connectivity index (χ1n) is 8.44. The summed E-state index contributed by atoms with van der Waals surface area (Å²) in [6, 6.07) is 4.75. The van der Waals surface area contributed by atoms with Gasteiger partial charge in [0.15, 0.2) is 0 Å². The Morgan fingerprint density at radius 1 is 1.42 bits per heavy atom. The van der Waals surface area contributed by atoms with Crippen LogP contribution in [0.5, 0.6) is 0 Å². The molecule has 1 saturated heterocycles. The third-order valence-corrected chi connectivity index (χ3v) is 4.62. The number of aryl methyl sites for hydroxylation is 2. The Morgan fingerprint density at radius 3 is 3.04 bits per heavy atom. The van der Waals surface area contributed by atoms with Gasteiger partial charge in [0.1, 0.15) is 5.82 Å². The fourth-order valence-corrected chi connectivity index (χ4v) is 3.29. The van der Waals surface area contributed by atoms with Crippen LogP contribution in [-0.2, 0) is 6.54 Å². The van der Waals surface area contributed by atoms with Crippen LogP contribution in [0.2, 0.25) is 0 Å². The van der Waals surface area contributed by atoms with E-state index in [1.54, 1.807) is 36.4 Å². The van der Waals surface area contributed by atoms with Crippen LogP contribution in [-0.4, -0.2) is 27.0 Å². The van der Waals surface area contributed by atoms with Gasteiger partial charge in [0, 0.05) is 13.1 Å². The highest BCUT2D eigenvalue weighted by Gasteiger charge is 2.30. The molecular formula is C18H23FN4O. The Morgan fingerprint density at radius 2 is 2.25 bits per heavy atom. The Bertz CT molecular complexity index is 728. The highest BCUT2D eigenvalue weighted by atomic mass is 19.1. The average Bonchev–Trinajstić information content (AvgIpc) is 3.07. The molecule has 1 fully saturated rings. The van der Waals surface area contributed by atoms with Crippen LogP contribution in [0, 0.1) is 12.7 Å². The molecule has 24 heavy (non-hydrogen) atoms. The van der Waals surface area contributed by atoms with Gasteiger partial charge in [-0.15, -0.1) is 0 Å². The second kappa shape index (κ2) is 7.03. The molecule has 1 aromatic carbocycles. The molecule has 0 bridgehead atoms. The van der Waals surface area contributed by atoms with Crippen LogP contribution >= 0.6 is 0 Å². The molecule has 0 saturated carbocycles. The summed E-state index contributed by atoms with van der Waals surface area (Å²) in [5, 5.41) is 2.73. The van der Waals surface area contributed by atoms with Crippen LogP contribution in [0.3, 0.4) is 0 Å². The van der Waals surface area contributed by atoms with Crippen molar-refractivity contribution < 1.29 is 9.18 Å². The Kier molecular flexibility index (Phi) is 4.83. The normalized spacial score (nSPS) is 17.8. The molecule has 1 unspecified atom stereocenters. The van der Waals surface area contributed by atoms with E-state index in [1.165, 1.54) is 0 Å². The summed E-state index contributed by atoms with van der Waals surface area (Å²) >= 11 is 0. The van der Waals surface area contributed by atoms with Crippen molar-refractivity contribution in [1.29, 1.82) is 0 Å². The van der Waals surface area contributed by atoms with Gasteiger partial charge in [-0.05, 0) is 44.7 Å². The molecule has 1 aromatic heterocycles. The topological polar surface area (TPSA) is 50.2 Å². The monoisotopic (exact) mass is 330 g/mol. The summed E-state index contributed by atoms with van der Waals surface area (Å²) < 4.78 is 16.2. The van der Waals surface area contributed by atoms with E-state index >= 15 is 0 Å². The van der Waals surface area contributed by atoms with Crippen molar-refractivity contribution in [3.05, 3.63) is 47.8 Å². The van der Waals surface area contributed by atoms with E-state index in [-0.39, 0.29) is 23.6 Å². The van der Waals surface area contributed by atoms with E-state index in [0.717, 1.165) is 31.5 Å². The van der Waals surface area contributed by atoms with Gasteiger partial charge in [0.25, 0.3) is 0 Å². The molecule has 5 nitrogen and oxygen atoms in total. The van der Waals surface area contributed by atoms with Gasteiger partial charge in [0.05, 0.1) is 29.9 Å². The maximum Gasteiger partial charge on any atom is 0.322 e. The predicted molar refractivity (Wildman–Crippen MR) is 91.4 cm³/mol. The van der Waals surface area contributed by atoms with E-state index < -0.39 is 0 Å². The SMILES string of the molecule is CCn1cncc1C1CCCCN1C(=O)Nc1cccc(C)c1F. The predicted octanol–water partition coefficient (Wildman–Crippen LogP) is 4.11. The summed E-state index contributed by atoms with van der Waals surface area (Å²) in [5.74, 6) is -0.377. The molecule has 2 aromatic rings. The van der Waals surface area contributed by atoms with Gasteiger partial charge < -0.3 is 14.8 Å². The third-order valence-electron chi connectivity index (χ3n) is 4.62. The van der Waals surface area contributed by atoms with Crippen molar-refractivity contribution in [2.45, 2.75) is 45.7 Å². The van der Waals surface area contributed by atoms with E-state index in [9.17, 15) is 9.18 Å². The Labute approximate surface area is 141 Å². The number of aromatic nitrogens is 2. The lowest BCUT2D eigenvalue weighted by Gasteiger charge is -2.36. The Hall–Kier alpha value is -2.37. The van der Waals surface area contributed by atoms with Gasteiger partial charge in [-0.3, -0.25) is 0 Å². The lowest BCUT2D eigenvalue weighted by atomic mass is 10.00. The van der Waals surface area contributed by atoms with Crippen LogP contribution in [0.1, 0.15) is 43.5 Å². The smallest absolute Gasteiger partial charge is 0.322 e. The lowest BCUT2D eigenvalue weighted by molar-refractivity contribution is 0.159. The lowest BCUT2D eigenvalue weighted by Crippen LogP contribution is -2.42. The number of nitrogens with zero attached hydrogens (tertiary/aromatic N) is 3. The number of rotatable bonds is 3. The summed E-state index contributed by atoms with van der Waals surface area (Å²) in [7, 11) is 0. The number of urea groups is 1. The molecule has 6 heteroatoms. The van der Waals surface area contributed by atoms with E-state index in [2.05, 4.69) is 21.8 Å². The first kappa shape index (κ1) is 16.5. The van der Waals surface area contributed by atoms with Crippen molar-refractivity contribution in [3.63, 3.8) is 0 Å². The summed E-state index contributed by atoms with van der Waals surface area (Å²) in [6.45, 7) is 5.22. The number of benzene rings is 1. The van der Waals surface area contributed by atoms with Gasteiger partial charge >= 0.3 is 6.03 Å². The molecule has 1 atom stereocenters. The second-order valence-corrected chi connectivity index (χ2v) is 6.18. The number of likely N-dealkylation sites (tertiary alicyclic amines) is 1. The van der Waals surface area contributed by atoms with Crippen LogP contribution in [0.25, 0.3) is 0 Å². The number of halogens is 1. The standard InChI is InChI=1S/C18H23FN4O/c1-3-22-12-20-11-16(22)15-9-4-5-10-23(15)18(24)21-14-8-6-7-13(2)17(14)19/h6-8,11-12,15H,3-5,9-10H2,1-2H3,(H,21,24). The van der Waals surface area contributed by atoms with Crippen molar-refractivity contribution in [3.8, 4) is 0 Å². The number of hydrogen-bond acceptors (Lipinski definition) is 2. The van der Waals surface area contributed by atoms with Gasteiger partial charge in [0.2, 0.25) is 0 Å². The quantitative estimate of drug-likeness (QED) is 0.921. The molecule has 0 aliphatic carbocycles. The maximum atomic E-state index is 14.2. The molecule has 128 valence electrons.